The number of ether oxygens (including phenoxy) is 2. The molecule has 1 N–H and O–H groups in total. The highest BCUT2D eigenvalue weighted by atomic mass is 16.5. The van der Waals surface area contributed by atoms with E-state index in [2.05, 4.69) is 15.4 Å². The van der Waals surface area contributed by atoms with Gasteiger partial charge in [-0.3, -0.25) is 19.3 Å². The molecule has 2 aromatic rings. The monoisotopic (exact) mass is 373 g/mol. The molecule has 9 nitrogen and oxygen atoms in total. The zero-order valence-electron chi connectivity index (χ0n) is 15.4. The highest BCUT2D eigenvalue weighted by Crippen LogP contribution is 2.24. The predicted molar refractivity (Wildman–Crippen MR) is 96.2 cm³/mol. The van der Waals surface area contributed by atoms with Crippen molar-refractivity contribution < 1.29 is 19.1 Å². The zero-order valence-corrected chi connectivity index (χ0v) is 15.4. The fourth-order valence-electron chi connectivity index (χ4n) is 3.09. The van der Waals surface area contributed by atoms with E-state index in [0.29, 0.717) is 37.6 Å². The van der Waals surface area contributed by atoms with Gasteiger partial charge in [-0.05, 0) is 18.2 Å². The molecule has 0 spiro atoms. The molecule has 0 aromatic carbocycles. The Morgan fingerprint density at radius 3 is 2.85 bits per heavy atom. The predicted octanol–water partition coefficient (Wildman–Crippen LogP) is 0.240. The maximum atomic E-state index is 13.0. The molecule has 3 heterocycles. The molecule has 0 saturated carbocycles. The Labute approximate surface area is 157 Å². The number of carbonyl (C=O) groups excluding carboxylic acids is 2. The summed E-state index contributed by atoms with van der Waals surface area (Å²) in [7, 11) is 3.26. The van der Waals surface area contributed by atoms with Crippen LogP contribution in [0.3, 0.4) is 0 Å². The number of hydrogen-bond acceptors (Lipinski definition) is 6. The molecule has 0 radical (unpaired) electrons. The number of nitrogens with zero attached hydrogens (tertiary/aromatic N) is 4. The fraction of sp³-hybridized carbons (Fsp3) is 0.444. The van der Waals surface area contributed by atoms with Crippen LogP contribution in [-0.4, -0.2) is 70.4 Å². The largest absolute Gasteiger partial charge is 0.487 e. The molecule has 27 heavy (non-hydrogen) atoms. The van der Waals surface area contributed by atoms with Gasteiger partial charge in [-0.1, -0.05) is 0 Å². The number of amides is 2. The van der Waals surface area contributed by atoms with Gasteiger partial charge in [0.25, 0.3) is 5.91 Å². The van der Waals surface area contributed by atoms with E-state index < -0.39 is 6.04 Å². The number of likely N-dealkylation sites (tertiary alicyclic amines) is 1. The van der Waals surface area contributed by atoms with E-state index >= 15 is 0 Å². The number of aryl methyl sites for hydroxylation is 1. The van der Waals surface area contributed by atoms with Gasteiger partial charge in [0.1, 0.15) is 23.6 Å². The fourth-order valence-corrected chi connectivity index (χ4v) is 3.09. The summed E-state index contributed by atoms with van der Waals surface area (Å²) >= 11 is 0. The Morgan fingerprint density at radius 2 is 2.19 bits per heavy atom. The Kier molecular flexibility index (Phi) is 6.02. The first-order chi connectivity index (χ1) is 13.1. The van der Waals surface area contributed by atoms with E-state index in [4.69, 9.17) is 9.47 Å². The molecule has 3 rings (SSSR count). The van der Waals surface area contributed by atoms with Gasteiger partial charge in [-0.15, -0.1) is 0 Å². The number of rotatable bonds is 7. The summed E-state index contributed by atoms with van der Waals surface area (Å²) < 4.78 is 12.4. The van der Waals surface area contributed by atoms with E-state index in [0.717, 1.165) is 0 Å². The van der Waals surface area contributed by atoms with Crippen LogP contribution in [0.25, 0.3) is 0 Å². The highest BCUT2D eigenvalue weighted by Gasteiger charge is 2.41. The minimum Gasteiger partial charge on any atom is -0.487 e. The van der Waals surface area contributed by atoms with Crippen LogP contribution in [0, 0.1) is 0 Å². The van der Waals surface area contributed by atoms with Gasteiger partial charge < -0.3 is 19.7 Å². The Bertz CT molecular complexity index is 779. The van der Waals surface area contributed by atoms with Crippen molar-refractivity contribution in [1.82, 2.24) is 25.0 Å². The molecule has 0 bridgehead atoms. The summed E-state index contributed by atoms with van der Waals surface area (Å²) in [4.78, 5) is 31.2. The van der Waals surface area contributed by atoms with Crippen LogP contribution in [0.2, 0.25) is 0 Å². The molecule has 144 valence electrons. The number of methoxy groups -OCH3 is 1. The molecule has 1 saturated heterocycles. The first-order valence-electron chi connectivity index (χ1n) is 8.72. The van der Waals surface area contributed by atoms with Crippen molar-refractivity contribution in [2.45, 2.75) is 18.6 Å². The van der Waals surface area contributed by atoms with Gasteiger partial charge >= 0.3 is 0 Å². The minimum absolute atomic E-state index is 0.222. The number of pyridine rings is 1. The quantitative estimate of drug-likeness (QED) is 0.698. The van der Waals surface area contributed by atoms with E-state index in [1.807, 2.05) is 0 Å². The zero-order chi connectivity index (χ0) is 19.2. The van der Waals surface area contributed by atoms with E-state index in [9.17, 15) is 9.59 Å². The van der Waals surface area contributed by atoms with Crippen LogP contribution in [-0.2, 0) is 16.6 Å². The molecule has 1 aliphatic heterocycles. The van der Waals surface area contributed by atoms with E-state index in [1.165, 1.54) is 4.68 Å². The van der Waals surface area contributed by atoms with Crippen LogP contribution >= 0.6 is 0 Å². The average molecular weight is 373 g/mol. The van der Waals surface area contributed by atoms with Crippen LogP contribution in [0.4, 0.5) is 0 Å². The van der Waals surface area contributed by atoms with Crippen molar-refractivity contribution in [2.75, 3.05) is 26.8 Å². The third kappa shape index (κ3) is 4.43. The Morgan fingerprint density at radius 1 is 1.33 bits per heavy atom. The lowest BCUT2D eigenvalue weighted by Gasteiger charge is -2.23. The topological polar surface area (TPSA) is 98.6 Å². The molecule has 1 fully saturated rings. The Hall–Kier alpha value is -2.94. The number of carbonyl (C=O) groups is 2. The van der Waals surface area contributed by atoms with Crippen LogP contribution in [0.5, 0.6) is 5.75 Å². The van der Waals surface area contributed by atoms with Crippen molar-refractivity contribution in [2.24, 2.45) is 7.05 Å². The summed E-state index contributed by atoms with van der Waals surface area (Å²) in [6.45, 7) is 1.10. The summed E-state index contributed by atoms with van der Waals surface area (Å²) in [5.41, 5.74) is 0.423. The molecule has 2 aromatic heterocycles. The van der Waals surface area contributed by atoms with Crippen molar-refractivity contribution >= 4 is 11.8 Å². The van der Waals surface area contributed by atoms with Crippen LogP contribution in [0.15, 0.2) is 36.8 Å². The highest BCUT2D eigenvalue weighted by molar-refractivity contribution is 5.96. The van der Waals surface area contributed by atoms with E-state index in [-0.39, 0.29) is 17.9 Å². The van der Waals surface area contributed by atoms with Gasteiger partial charge in [0.15, 0.2) is 0 Å². The molecular weight excluding hydrogens is 350 g/mol. The molecule has 0 unspecified atom stereocenters. The second-order valence-electron chi connectivity index (χ2n) is 6.26. The second kappa shape index (κ2) is 8.63. The maximum Gasteiger partial charge on any atom is 0.272 e. The van der Waals surface area contributed by atoms with Crippen molar-refractivity contribution in [3.8, 4) is 5.75 Å². The van der Waals surface area contributed by atoms with Crippen molar-refractivity contribution in [3.63, 3.8) is 0 Å². The van der Waals surface area contributed by atoms with Crippen molar-refractivity contribution in [3.05, 3.63) is 42.5 Å². The first-order valence-corrected chi connectivity index (χ1v) is 8.72. The lowest BCUT2D eigenvalue weighted by atomic mass is 10.1. The smallest absolute Gasteiger partial charge is 0.272 e. The van der Waals surface area contributed by atoms with Crippen LogP contribution < -0.4 is 10.1 Å². The minimum atomic E-state index is -0.620. The average Bonchev–Trinajstić information content (AvgIpc) is 3.28. The third-order valence-electron chi connectivity index (χ3n) is 4.41. The molecule has 2 amide bonds. The van der Waals surface area contributed by atoms with Crippen LogP contribution in [0.1, 0.15) is 16.9 Å². The number of hydrogen-bond donors (Lipinski definition) is 1. The summed E-state index contributed by atoms with van der Waals surface area (Å²) in [5.74, 6) is 0.134. The summed E-state index contributed by atoms with van der Waals surface area (Å²) in [6, 6.07) is 4.59. The standard InChI is InChI=1S/C18H23N5O4/c1-22-15(5-7-21-22)18(25)23-12-14(27-13-4-3-6-19-11-13)10-16(23)17(24)20-8-9-26-2/h3-7,11,14,16H,8-10,12H2,1-2H3,(H,20,24)/t14-,16-/m0/s1. The first kappa shape index (κ1) is 18.8. The molecule has 0 aliphatic carbocycles. The molecule has 9 heteroatoms. The van der Waals surface area contributed by atoms with Gasteiger partial charge in [-0.25, -0.2) is 0 Å². The Balaban J connectivity index is 1.75. The van der Waals surface area contributed by atoms with Gasteiger partial charge in [0, 0.05) is 39.5 Å². The third-order valence-corrected chi connectivity index (χ3v) is 4.41. The van der Waals surface area contributed by atoms with E-state index in [1.54, 1.807) is 55.8 Å². The summed E-state index contributed by atoms with van der Waals surface area (Å²) in [6.07, 6.45) is 4.92. The van der Waals surface area contributed by atoms with Gasteiger partial charge in [0.05, 0.1) is 19.3 Å². The SMILES string of the molecule is COCCNC(=O)[C@@H]1C[C@H](Oc2cccnc2)CN1C(=O)c1ccnn1C. The second-order valence-corrected chi connectivity index (χ2v) is 6.26. The number of aromatic nitrogens is 3. The molecule has 1 aliphatic rings. The van der Waals surface area contributed by atoms with Gasteiger partial charge in [-0.2, -0.15) is 5.10 Å². The number of nitrogens with one attached hydrogen (secondary N) is 1. The normalized spacial score (nSPS) is 19.1. The lowest BCUT2D eigenvalue weighted by Crippen LogP contribution is -2.47. The van der Waals surface area contributed by atoms with Gasteiger partial charge in [0.2, 0.25) is 5.91 Å². The summed E-state index contributed by atoms with van der Waals surface area (Å²) in [5, 5.41) is 6.85. The molecular formula is C18H23N5O4. The molecule has 2 atom stereocenters. The maximum absolute atomic E-state index is 13.0. The van der Waals surface area contributed by atoms with Crippen molar-refractivity contribution in [1.29, 1.82) is 0 Å². The lowest BCUT2D eigenvalue weighted by molar-refractivity contribution is -0.125.